The largest absolute Gasteiger partial charge is 0.391 e. The first-order chi connectivity index (χ1) is 9.81. The third-order valence-electron chi connectivity index (χ3n) is 3.60. The minimum absolute atomic E-state index is 0.107. The van der Waals surface area contributed by atoms with Crippen molar-refractivity contribution in [2.24, 2.45) is 0 Å². The van der Waals surface area contributed by atoms with Crippen LogP contribution in [0.4, 0.5) is 5.13 Å². The molecule has 0 unspecified atom stereocenters. The Labute approximate surface area is 123 Å². The van der Waals surface area contributed by atoms with Crippen LogP contribution in [0.2, 0.25) is 0 Å². The Bertz CT molecular complexity index is 566. The van der Waals surface area contributed by atoms with Crippen molar-refractivity contribution in [1.29, 1.82) is 0 Å². The maximum atomic E-state index is 9.50. The summed E-state index contributed by atoms with van der Waals surface area (Å²) in [7, 11) is 0. The lowest BCUT2D eigenvalue weighted by molar-refractivity contribution is 0.284. The van der Waals surface area contributed by atoms with E-state index in [2.05, 4.69) is 16.8 Å². The van der Waals surface area contributed by atoms with Crippen molar-refractivity contribution < 1.29 is 5.11 Å². The molecule has 1 aliphatic carbocycles. The average Bonchev–Trinajstić information content (AvgIpc) is 3.25. The number of rotatable bonds is 6. The fraction of sp³-hybridized carbons (Fsp3) is 0.467. The van der Waals surface area contributed by atoms with Gasteiger partial charge in [-0.3, -0.25) is 4.98 Å². The normalized spacial score (nSPS) is 14.5. The van der Waals surface area contributed by atoms with Gasteiger partial charge in [-0.05, 0) is 37.5 Å². The van der Waals surface area contributed by atoms with Gasteiger partial charge >= 0.3 is 0 Å². The van der Waals surface area contributed by atoms with Crippen LogP contribution in [0.3, 0.4) is 0 Å². The fourth-order valence-electron chi connectivity index (χ4n) is 2.30. The molecule has 2 aromatic heterocycles. The minimum Gasteiger partial charge on any atom is -0.391 e. The van der Waals surface area contributed by atoms with E-state index < -0.39 is 0 Å². The monoisotopic (exact) mass is 289 g/mol. The number of hydrogen-bond acceptors (Lipinski definition) is 5. The van der Waals surface area contributed by atoms with Gasteiger partial charge in [0.2, 0.25) is 0 Å². The molecule has 5 heteroatoms. The maximum absolute atomic E-state index is 9.50. The highest BCUT2D eigenvalue weighted by Gasteiger charge is 2.30. The number of aliphatic hydroxyl groups is 1. The summed E-state index contributed by atoms with van der Waals surface area (Å²) in [6.45, 7) is 3.99. The molecule has 0 radical (unpaired) electrons. The van der Waals surface area contributed by atoms with Crippen molar-refractivity contribution in [2.45, 2.75) is 38.8 Å². The first kappa shape index (κ1) is 13.5. The molecular weight excluding hydrogens is 270 g/mol. The third-order valence-corrected chi connectivity index (χ3v) is 4.72. The van der Waals surface area contributed by atoms with E-state index in [9.17, 15) is 5.11 Å². The van der Waals surface area contributed by atoms with E-state index in [1.54, 1.807) is 11.3 Å². The van der Waals surface area contributed by atoms with Crippen LogP contribution in [-0.4, -0.2) is 21.6 Å². The summed E-state index contributed by atoms with van der Waals surface area (Å²) in [6, 6.07) is 4.07. The van der Waals surface area contributed by atoms with E-state index in [1.807, 2.05) is 24.5 Å². The minimum atomic E-state index is 0.107. The first-order valence-electron chi connectivity index (χ1n) is 7.06. The Morgan fingerprint density at radius 3 is 2.70 bits per heavy atom. The number of thiazole rings is 1. The van der Waals surface area contributed by atoms with Gasteiger partial charge in [0, 0.05) is 31.4 Å². The number of hydrogen-bond donors (Lipinski definition) is 1. The van der Waals surface area contributed by atoms with Crippen LogP contribution in [0.1, 0.15) is 41.8 Å². The lowest BCUT2D eigenvalue weighted by Gasteiger charge is -2.19. The molecule has 0 bridgehead atoms. The van der Waals surface area contributed by atoms with E-state index in [0.717, 1.165) is 28.8 Å². The molecule has 3 rings (SSSR count). The van der Waals surface area contributed by atoms with Crippen molar-refractivity contribution in [3.8, 4) is 0 Å². The van der Waals surface area contributed by atoms with E-state index >= 15 is 0 Å². The molecule has 0 spiro atoms. The predicted octanol–water partition coefficient (Wildman–Crippen LogP) is 2.93. The first-order valence-corrected chi connectivity index (χ1v) is 7.87. The van der Waals surface area contributed by atoms with E-state index in [-0.39, 0.29) is 6.61 Å². The molecule has 1 fully saturated rings. The molecule has 1 saturated carbocycles. The van der Waals surface area contributed by atoms with Gasteiger partial charge in [-0.25, -0.2) is 4.98 Å². The van der Waals surface area contributed by atoms with Crippen molar-refractivity contribution in [3.05, 3.63) is 40.7 Å². The topological polar surface area (TPSA) is 49.2 Å². The lowest BCUT2D eigenvalue weighted by atomic mass is 10.2. The summed E-state index contributed by atoms with van der Waals surface area (Å²) in [5.41, 5.74) is 2.36. The number of anilines is 1. The maximum Gasteiger partial charge on any atom is 0.186 e. The van der Waals surface area contributed by atoms with Gasteiger partial charge in [-0.1, -0.05) is 11.3 Å². The summed E-state index contributed by atoms with van der Waals surface area (Å²) in [6.07, 6.45) is 6.07. The van der Waals surface area contributed by atoms with Crippen LogP contribution in [-0.2, 0) is 13.2 Å². The summed E-state index contributed by atoms with van der Waals surface area (Å²) >= 11 is 1.63. The molecule has 1 N–H and O–H groups in total. The van der Waals surface area contributed by atoms with Crippen LogP contribution in [0.15, 0.2) is 24.5 Å². The van der Waals surface area contributed by atoms with Gasteiger partial charge in [0.1, 0.15) is 0 Å². The quantitative estimate of drug-likeness (QED) is 0.888. The molecule has 20 heavy (non-hydrogen) atoms. The number of aliphatic hydroxyl groups excluding tert-OH is 1. The zero-order valence-corrected chi connectivity index (χ0v) is 12.4. The van der Waals surface area contributed by atoms with Gasteiger partial charge in [0.05, 0.1) is 17.2 Å². The molecule has 106 valence electrons. The van der Waals surface area contributed by atoms with Crippen molar-refractivity contribution in [3.63, 3.8) is 0 Å². The van der Waals surface area contributed by atoms with Gasteiger partial charge < -0.3 is 10.0 Å². The zero-order valence-electron chi connectivity index (χ0n) is 11.6. The fourth-order valence-corrected chi connectivity index (χ4v) is 3.37. The SMILES string of the molecule is CCN(Cc1ccncc1)c1nc(C2CC2)c(CO)s1. The van der Waals surface area contributed by atoms with Gasteiger partial charge in [0.25, 0.3) is 0 Å². The summed E-state index contributed by atoms with van der Waals surface area (Å²) in [5.74, 6) is 0.585. The summed E-state index contributed by atoms with van der Waals surface area (Å²) in [5, 5.41) is 10.5. The second-order valence-corrected chi connectivity index (χ2v) is 6.17. The Morgan fingerprint density at radius 1 is 1.35 bits per heavy atom. The van der Waals surface area contributed by atoms with E-state index in [4.69, 9.17) is 4.98 Å². The molecule has 0 amide bonds. The van der Waals surface area contributed by atoms with E-state index in [1.165, 1.54) is 18.4 Å². The standard InChI is InChI=1S/C15H19N3OS/c1-2-18(9-11-5-7-16-8-6-11)15-17-14(12-3-4-12)13(10-19)20-15/h5-8,12,19H,2-4,9-10H2,1H3. The Morgan fingerprint density at radius 2 is 2.10 bits per heavy atom. The van der Waals surface area contributed by atoms with Gasteiger partial charge in [-0.2, -0.15) is 0 Å². The highest BCUT2D eigenvalue weighted by atomic mass is 32.1. The predicted molar refractivity (Wildman–Crippen MR) is 81.0 cm³/mol. The molecular formula is C15H19N3OS. The molecule has 0 aliphatic heterocycles. The molecule has 0 atom stereocenters. The van der Waals surface area contributed by atoms with Crippen LogP contribution in [0, 0.1) is 0 Å². The second-order valence-electron chi connectivity index (χ2n) is 5.11. The highest BCUT2D eigenvalue weighted by molar-refractivity contribution is 7.15. The van der Waals surface area contributed by atoms with Crippen LogP contribution >= 0.6 is 11.3 Å². The summed E-state index contributed by atoms with van der Waals surface area (Å²) in [4.78, 5) is 12.1. The van der Waals surface area contributed by atoms with Crippen molar-refractivity contribution in [2.75, 3.05) is 11.4 Å². The Kier molecular flexibility index (Phi) is 3.98. The molecule has 2 aromatic rings. The highest BCUT2D eigenvalue weighted by Crippen LogP contribution is 2.44. The average molecular weight is 289 g/mol. The summed E-state index contributed by atoms with van der Waals surface area (Å²) < 4.78 is 0. The Hall–Kier alpha value is -1.46. The Balaban J connectivity index is 1.82. The number of pyridine rings is 1. The molecule has 1 aliphatic rings. The zero-order chi connectivity index (χ0) is 13.9. The van der Waals surface area contributed by atoms with Crippen molar-refractivity contribution >= 4 is 16.5 Å². The molecule has 2 heterocycles. The second kappa shape index (κ2) is 5.89. The van der Waals surface area contributed by atoms with Crippen LogP contribution < -0.4 is 4.90 Å². The molecule has 4 nitrogen and oxygen atoms in total. The van der Waals surface area contributed by atoms with Crippen LogP contribution in [0.25, 0.3) is 0 Å². The third kappa shape index (κ3) is 2.83. The molecule has 0 aromatic carbocycles. The molecule has 0 saturated heterocycles. The van der Waals surface area contributed by atoms with Crippen molar-refractivity contribution in [1.82, 2.24) is 9.97 Å². The van der Waals surface area contributed by atoms with Gasteiger partial charge in [0.15, 0.2) is 5.13 Å². The van der Waals surface area contributed by atoms with E-state index in [0.29, 0.717) is 5.92 Å². The lowest BCUT2D eigenvalue weighted by Crippen LogP contribution is -2.21. The van der Waals surface area contributed by atoms with Gasteiger partial charge in [-0.15, -0.1) is 0 Å². The number of nitrogens with zero attached hydrogens (tertiary/aromatic N) is 3. The van der Waals surface area contributed by atoms with Crippen LogP contribution in [0.5, 0.6) is 0 Å². The number of aromatic nitrogens is 2. The smallest absolute Gasteiger partial charge is 0.186 e.